The van der Waals surface area contributed by atoms with Gasteiger partial charge in [0.1, 0.15) is 5.75 Å². The number of nitrogens with one attached hydrogen (secondary N) is 2. The van der Waals surface area contributed by atoms with Crippen LogP contribution in [0.15, 0.2) is 35.3 Å². The van der Waals surface area contributed by atoms with Gasteiger partial charge in [-0.3, -0.25) is 4.99 Å². The van der Waals surface area contributed by atoms with E-state index in [2.05, 4.69) is 15.6 Å². The van der Waals surface area contributed by atoms with Gasteiger partial charge in [0.05, 0.1) is 12.4 Å². The molecule has 0 spiro atoms. The lowest BCUT2D eigenvalue weighted by atomic mass is 10.3. The van der Waals surface area contributed by atoms with E-state index in [9.17, 15) is 8.42 Å². The van der Waals surface area contributed by atoms with Crippen LogP contribution in [0, 0.1) is 0 Å². The zero-order valence-corrected chi connectivity index (χ0v) is 16.8. The number of benzene rings is 1. The van der Waals surface area contributed by atoms with E-state index >= 15 is 0 Å². The lowest BCUT2D eigenvalue weighted by Gasteiger charge is -2.12. The molecule has 0 aromatic heterocycles. The van der Waals surface area contributed by atoms with Crippen LogP contribution in [0.25, 0.3) is 0 Å². The van der Waals surface area contributed by atoms with Crippen molar-refractivity contribution in [2.45, 2.75) is 13.3 Å². The van der Waals surface area contributed by atoms with Crippen LogP contribution in [-0.2, 0) is 9.84 Å². The van der Waals surface area contributed by atoms with Gasteiger partial charge in [-0.1, -0.05) is 25.1 Å². The van der Waals surface area contributed by atoms with Crippen molar-refractivity contribution >= 4 is 39.8 Å². The number of nitrogens with zero attached hydrogens (tertiary/aromatic N) is 1. The highest BCUT2D eigenvalue weighted by Gasteiger charge is 2.07. The van der Waals surface area contributed by atoms with Gasteiger partial charge in [0.15, 0.2) is 15.8 Å². The molecule has 0 bridgehead atoms. The molecular formula is C15H26IN3O3S. The predicted molar refractivity (Wildman–Crippen MR) is 106 cm³/mol. The highest BCUT2D eigenvalue weighted by molar-refractivity contribution is 14.0. The zero-order valence-electron chi connectivity index (χ0n) is 13.6. The normalized spacial score (nSPS) is 11.5. The summed E-state index contributed by atoms with van der Waals surface area (Å²) in [7, 11) is -1.29. The number of aliphatic imine (C=N–C) groups is 1. The number of halogens is 1. The van der Waals surface area contributed by atoms with Crippen LogP contribution in [0.5, 0.6) is 5.75 Å². The number of ether oxygens (including phenoxy) is 1. The van der Waals surface area contributed by atoms with Crippen molar-refractivity contribution in [2.24, 2.45) is 4.99 Å². The van der Waals surface area contributed by atoms with Gasteiger partial charge in [0.25, 0.3) is 0 Å². The minimum absolute atomic E-state index is 0. The first-order chi connectivity index (χ1) is 10.6. The van der Waals surface area contributed by atoms with Gasteiger partial charge in [0, 0.05) is 25.9 Å². The lowest BCUT2D eigenvalue weighted by molar-refractivity contribution is 0.311. The molecule has 0 aliphatic carbocycles. The second-order valence-corrected chi connectivity index (χ2v) is 7.15. The summed E-state index contributed by atoms with van der Waals surface area (Å²) >= 11 is 0. The van der Waals surface area contributed by atoms with Gasteiger partial charge in [-0.2, -0.15) is 0 Å². The summed E-state index contributed by atoms with van der Waals surface area (Å²) in [5, 5.41) is 6.11. The summed E-state index contributed by atoms with van der Waals surface area (Å²) in [5.74, 6) is 1.74. The average Bonchev–Trinajstić information content (AvgIpc) is 2.53. The standard InChI is InChI=1S/C15H25N3O3S.HI/c1-3-22(19,20)13-11-18-15(16-2)17-10-7-12-21-14-8-5-4-6-9-14;/h4-6,8-9H,3,7,10-13H2,1-2H3,(H2,16,17,18);1H. The molecule has 0 aliphatic heterocycles. The molecule has 2 N–H and O–H groups in total. The first kappa shape index (κ1) is 22.0. The Labute approximate surface area is 156 Å². The lowest BCUT2D eigenvalue weighted by Crippen LogP contribution is -2.40. The number of sulfone groups is 1. The van der Waals surface area contributed by atoms with Crippen LogP contribution in [0.2, 0.25) is 0 Å². The maximum atomic E-state index is 11.4. The van der Waals surface area contributed by atoms with Gasteiger partial charge in [-0.05, 0) is 18.6 Å². The zero-order chi connectivity index (χ0) is 16.3. The molecule has 132 valence electrons. The van der Waals surface area contributed by atoms with E-state index in [0.717, 1.165) is 12.2 Å². The molecule has 0 radical (unpaired) electrons. The largest absolute Gasteiger partial charge is 0.494 e. The molecule has 0 saturated heterocycles. The molecule has 8 heteroatoms. The van der Waals surface area contributed by atoms with E-state index in [1.807, 2.05) is 30.3 Å². The monoisotopic (exact) mass is 455 g/mol. The first-order valence-corrected chi connectivity index (χ1v) is 9.22. The third-order valence-electron chi connectivity index (χ3n) is 2.99. The molecule has 23 heavy (non-hydrogen) atoms. The Kier molecular flexibility index (Phi) is 11.8. The van der Waals surface area contributed by atoms with Crippen molar-refractivity contribution in [1.82, 2.24) is 10.6 Å². The van der Waals surface area contributed by atoms with Crippen LogP contribution in [-0.4, -0.2) is 52.6 Å². The van der Waals surface area contributed by atoms with E-state index in [1.54, 1.807) is 14.0 Å². The van der Waals surface area contributed by atoms with Gasteiger partial charge < -0.3 is 15.4 Å². The quantitative estimate of drug-likeness (QED) is 0.256. The minimum Gasteiger partial charge on any atom is -0.494 e. The summed E-state index contributed by atoms with van der Waals surface area (Å²) in [4.78, 5) is 4.05. The highest BCUT2D eigenvalue weighted by atomic mass is 127. The van der Waals surface area contributed by atoms with E-state index < -0.39 is 9.84 Å². The third-order valence-corrected chi connectivity index (χ3v) is 4.70. The molecule has 0 unspecified atom stereocenters. The van der Waals surface area contributed by atoms with Crippen LogP contribution >= 0.6 is 24.0 Å². The summed E-state index contributed by atoms with van der Waals surface area (Å²) in [5.41, 5.74) is 0. The molecule has 1 rings (SSSR count). The van der Waals surface area contributed by atoms with Crippen molar-refractivity contribution in [3.05, 3.63) is 30.3 Å². The predicted octanol–water partition coefficient (Wildman–Crippen LogP) is 1.67. The molecule has 0 heterocycles. The molecule has 0 fully saturated rings. The summed E-state index contributed by atoms with van der Waals surface area (Å²) in [6, 6.07) is 9.65. The van der Waals surface area contributed by atoms with Gasteiger partial charge in [0.2, 0.25) is 0 Å². The molecule has 0 saturated carbocycles. The fraction of sp³-hybridized carbons (Fsp3) is 0.533. The Balaban J connectivity index is 0.00000484. The van der Waals surface area contributed by atoms with Gasteiger partial charge >= 0.3 is 0 Å². The fourth-order valence-electron chi connectivity index (χ4n) is 1.68. The van der Waals surface area contributed by atoms with Crippen molar-refractivity contribution in [2.75, 3.05) is 38.2 Å². The number of hydrogen-bond donors (Lipinski definition) is 2. The maximum absolute atomic E-state index is 11.4. The first-order valence-electron chi connectivity index (χ1n) is 7.40. The Bertz CT molecular complexity index is 550. The fourth-order valence-corrected chi connectivity index (χ4v) is 2.38. The van der Waals surface area contributed by atoms with Crippen LogP contribution in [0.1, 0.15) is 13.3 Å². The Morgan fingerprint density at radius 1 is 1.17 bits per heavy atom. The molecule has 1 aromatic rings. The molecule has 1 aromatic carbocycles. The van der Waals surface area contributed by atoms with Crippen LogP contribution < -0.4 is 15.4 Å². The van der Waals surface area contributed by atoms with E-state index in [4.69, 9.17) is 4.74 Å². The van der Waals surface area contributed by atoms with Crippen molar-refractivity contribution < 1.29 is 13.2 Å². The highest BCUT2D eigenvalue weighted by Crippen LogP contribution is 2.07. The second-order valence-electron chi connectivity index (χ2n) is 4.68. The number of hydrogen-bond acceptors (Lipinski definition) is 4. The number of rotatable bonds is 9. The third kappa shape index (κ3) is 10.4. The molecule has 0 atom stereocenters. The van der Waals surface area contributed by atoms with Crippen LogP contribution in [0.3, 0.4) is 0 Å². The van der Waals surface area contributed by atoms with Crippen molar-refractivity contribution in [3.8, 4) is 5.75 Å². The second kappa shape index (κ2) is 12.4. The maximum Gasteiger partial charge on any atom is 0.191 e. The smallest absolute Gasteiger partial charge is 0.191 e. The Morgan fingerprint density at radius 2 is 1.83 bits per heavy atom. The Hall–Kier alpha value is -1.03. The number of guanidine groups is 1. The summed E-state index contributed by atoms with van der Waals surface area (Å²) in [6.07, 6.45) is 0.822. The summed E-state index contributed by atoms with van der Waals surface area (Å²) in [6.45, 7) is 3.32. The topological polar surface area (TPSA) is 79.8 Å². The number of para-hydroxylation sites is 1. The molecular weight excluding hydrogens is 429 g/mol. The van der Waals surface area contributed by atoms with Crippen molar-refractivity contribution in [3.63, 3.8) is 0 Å². The van der Waals surface area contributed by atoms with E-state index in [-0.39, 0.29) is 35.5 Å². The van der Waals surface area contributed by atoms with Gasteiger partial charge in [-0.25, -0.2) is 8.42 Å². The summed E-state index contributed by atoms with van der Waals surface area (Å²) < 4.78 is 28.4. The van der Waals surface area contributed by atoms with Crippen molar-refractivity contribution in [1.29, 1.82) is 0 Å². The Morgan fingerprint density at radius 3 is 2.43 bits per heavy atom. The van der Waals surface area contributed by atoms with E-state index in [1.165, 1.54) is 0 Å². The minimum atomic E-state index is -2.95. The molecule has 0 amide bonds. The van der Waals surface area contributed by atoms with E-state index in [0.29, 0.717) is 25.7 Å². The average molecular weight is 455 g/mol. The van der Waals surface area contributed by atoms with Crippen LogP contribution in [0.4, 0.5) is 0 Å². The molecule has 6 nitrogen and oxygen atoms in total. The molecule has 0 aliphatic rings. The van der Waals surface area contributed by atoms with Gasteiger partial charge in [-0.15, -0.1) is 24.0 Å². The SMILES string of the molecule is CCS(=O)(=O)CCNC(=NC)NCCCOc1ccccc1.I.